The molecule has 0 radical (unpaired) electrons. The number of ether oxygens (including phenoxy) is 3. The van der Waals surface area contributed by atoms with Crippen LogP contribution in [0.4, 0.5) is 0 Å². The number of hydrogen-bond acceptors (Lipinski definition) is 5. The highest BCUT2D eigenvalue weighted by Crippen LogP contribution is 2.32. The van der Waals surface area contributed by atoms with E-state index in [1.165, 1.54) is 5.56 Å². The van der Waals surface area contributed by atoms with Gasteiger partial charge in [-0.2, -0.15) is 0 Å². The van der Waals surface area contributed by atoms with Crippen LogP contribution in [0, 0.1) is 0 Å². The van der Waals surface area contributed by atoms with Crippen LogP contribution in [-0.4, -0.2) is 42.6 Å². The van der Waals surface area contributed by atoms with E-state index in [2.05, 4.69) is 24.0 Å². The number of likely N-dealkylation sites (N-methyl/N-ethyl adjacent to an activating group) is 1. The molecule has 1 atom stereocenters. The van der Waals surface area contributed by atoms with Gasteiger partial charge in [0.05, 0.1) is 19.3 Å². The molecule has 1 aliphatic heterocycles. The first-order chi connectivity index (χ1) is 12.2. The first kappa shape index (κ1) is 17.7. The summed E-state index contributed by atoms with van der Waals surface area (Å²) in [6, 6.07) is 16.0. The van der Waals surface area contributed by atoms with E-state index in [0.29, 0.717) is 19.8 Å². The van der Waals surface area contributed by atoms with Crippen molar-refractivity contribution in [3.05, 3.63) is 59.7 Å². The van der Waals surface area contributed by atoms with E-state index in [-0.39, 0.29) is 6.79 Å². The molecule has 134 valence electrons. The van der Waals surface area contributed by atoms with E-state index in [9.17, 15) is 5.11 Å². The fraction of sp³-hybridized carbons (Fsp3) is 0.400. The molecule has 0 saturated carbocycles. The molecule has 0 saturated heterocycles. The summed E-state index contributed by atoms with van der Waals surface area (Å²) in [6.45, 7) is 5.42. The van der Waals surface area contributed by atoms with Gasteiger partial charge in [0.1, 0.15) is 0 Å². The Bertz CT molecular complexity index is 662. The molecule has 1 heterocycles. The van der Waals surface area contributed by atoms with Crippen LogP contribution in [0.1, 0.15) is 18.1 Å². The highest BCUT2D eigenvalue weighted by Gasteiger charge is 2.14. The first-order valence-corrected chi connectivity index (χ1v) is 8.65. The van der Waals surface area contributed by atoms with Crippen molar-refractivity contribution in [2.45, 2.75) is 26.2 Å². The molecular formula is C20H25NO4. The minimum atomic E-state index is -0.516. The summed E-state index contributed by atoms with van der Waals surface area (Å²) >= 11 is 0. The normalized spacial score (nSPS) is 14.0. The van der Waals surface area contributed by atoms with Crippen LogP contribution in [0.5, 0.6) is 11.5 Å². The number of aliphatic hydroxyl groups excluding tert-OH is 1. The van der Waals surface area contributed by atoms with Crippen molar-refractivity contribution in [3.63, 3.8) is 0 Å². The molecule has 0 aliphatic carbocycles. The highest BCUT2D eigenvalue weighted by molar-refractivity contribution is 5.44. The number of fused-ring (bicyclic) bond motifs is 1. The Kier molecular flexibility index (Phi) is 6.28. The van der Waals surface area contributed by atoms with Crippen molar-refractivity contribution >= 4 is 0 Å². The van der Waals surface area contributed by atoms with Crippen molar-refractivity contribution in [2.24, 2.45) is 0 Å². The van der Waals surface area contributed by atoms with E-state index < -0.39 is 6.10 Å². The zero-order chi connectivity index (χ0) is 17.5. The predicted octanol–water partition coefficient (Wildman–Crippen LogP) is 2.81. The van der Waals surface area contributed by atoms with Gasteiger partial charge in [-0.25, -0.2) is 0 Å². The Morgan fingerprint density at radius 3 is 2.68 bits per heavy atom. The fourth-order valence-corrected chi connectivity index (χ4v) is 2.84. The van der Waals surface area contributed by atoms with Crippen molar-refractivity contribution < 1.29 is 19.3 Å². The lowest BCUT2D eigenvalue weighted by Gasteiger charge is -2.23. The van der Waals surface area contributed by atoms with Crippen LogP contribution in [0.15, 0.2) is 48.5 Å². The fourth-order valence-electron chi connectivity index (χ4n) is 2.84. The Hall–Kier alpha value is -2.08. The highest BCUT2D eigenvalue weighted by atomic mass is 16.7. The van der Waals surface area contributed by atoms with Gasteiger partial charge in [0, 0.05) is 13.1 Å². The second-order valence-electron chi connectivity index (χ2n) is 6.17. The van der Waals surface area contributed by atoms with Gasteiger partial charge in [0.15, 0.2) is 11.5 Å². The summed E-state index contributed by atoms with van der Waals surface area (Å²) in [6.07, 6.45) is -0.516. The van der Waals surface area contributed by atoms with Crippen LogP contribution in [-0.2, 0) is 17.9 Å². The molecule has 1 unspecified atom stereocenters. The summed E-state index contributed by atoms with van der Waals surface area (Å²) < 4.78 is 16.3. The summed E-state index contributed by atoms with van der Waals surface area (Å²) in [5.41, 5.74) is 2.26. The molecule has 0 bridgehead atoms. The van der Waals surface area contributed by atoms with Crippen molar-refractivity contribution in [1.29, 1.82) is 0 Å². The largest absolute Gasteiger partial charge is 0.454 e. The number of aliphatic hydroxyl groups is 1. The van der Waals surface area contributed by atoms with E-state index in [4.69, 9.17) is 14.2 Å². The van der Waals surface area contributed by atoms with Gasteiger partial charge in [-0.3, -0.25) is 4.90 Å². The molecule has 0 fully saturated rings. The lowest BCUT2D eigenvalue weighted by atomic mass is 10.2. The lowest BCUT2D eigenvalue weighted by molar-refractivity contribution is 0.00938. The topological polar surface area (TPSA) is 51.2 Å². The van der Waals surface area contributed by atoms with Crippen molar-refractivity contribution in [3.8, 4) is 11.5 Å². The number of nitrogens with zero attached hydrogens (tertiary/aromatic N) is 1. The molecule has 5 nitrogen and oxygen atoms in total. The third-order valence-electron chi connectivity index (χ3n) is 4.18. The summed E-state index contributed by atoms with van der Waals surface area (Å²) in [5, 5.41) is 10.3. The zero-order valence-corrected chi connectivity index (χ0v) is 14.6. The summed E-state index contributed by atoms with van der Waals surface area (Å²) in [5.74, 6) is 1.52. The molecule has 0 aromatic heterocycles. The first-order valence-electron chi connectivity index (χ1n) is 8.65. The maximum absolute atomic E-state index is 10.3. The van der Waals surface area contributed by atoms with Crippen molar-refractivity contribution in [1.82, 2.24) is 4.90 Å². The summed E-state index contributed by atoms with van der Waals surface area (Å²) in [7, 11) is 0. The van der Waals surface area contributed by atoms with Crippen LogP contribution in [0.2, 0.25) is 0 Å². The predicted molar refractivity (Wildman–Crippen MR) is 95.6 cm³/mol. The van der Waals surface area contributed by atoms with E-state index in [0.717, 1.165) is 30.2 Å². The molecular weight excluding hydrogens is 318 g/mol. The standard InChI is InChI=1S/C20H25NO4/c1-2-21(11-16-6-4-3-5-7-16)12-18(22)14-23-13-17-8-9-19-20(10-17)25-15-24-19/h3-10,18,22H,2,11-15H2,1H3. The molecule has 3 rings (SSSR count). The SMILES string of the molecule is CCN(Cc1ccccc1)CC(O)COCc1ccc2c(c1)OCO2. The van der Waals surface area contributed by atoms with Crippen LogP contribution < -0.4 is 9.47 Å². The lowest BCUT2D eigenvalue weighted by Crippen LogP contribution is -2.34. The number of benzene rings is 2. The van der Waals surface area contributed by atoms with Crippen LogP contribution in [0.25, 0.3) is 0 Å². The van der Waals surface area contributed by atoms with Gasteiger partial charge in [-0.15, -0.1) is 0 Å². The third-order valence-corrected chi connectivity index (χ3v) is 4.18. The zero-order valence-electron chi connectivity index (χ0n) is 14.6. The Morgan fingerprint density at radius 2 is 1.88 bits per heavy atom. The summed E-state index contributed by atoms with van der Waals surface area (Å²) in [4.78, 5) is 2.21. The van der Waals surface area contributed by atoms with E-state index in [1.807, 2.05) is 36.4 Å². The second-order valence-corrected chi connectivity index (χ2v) is 6.17. The van der Waals surface area contributed by atoms with E-state index >= 15 is 0 Å². The molecule has 2 aromatic carbocycles. The van der Waals surface area contributed by atoms with Gasteiger partial charge in [0.25, 0.3) is 0 Å². The van der Waals surface area contributed by atoms with Gasteiger partial charge < -0.3 is 19.3 Å². The molecule has 2 aromatic rings. The van der Waals surface area contributed by atoms with E-state index in [1.54, 1.807) is 0 Å². The Labute approximate surface area is 148 Å². The molecule has 0 amide bonds. The van der Waals surface area contributed by atoms with Crippen LogP contribution in [0.3, 0.4) is 0 Å². The van der Waals surface area contributed by atoms with Crippen LogP contribution >= 0.6 is 0 Å². The molecule has 25 heavy (non-hydrogen) atoms. The minimum absolute atomic E-state index is 0.270. The minimum Gasteiger partial charge on any atom is -0.454 e. The van der Waals surface area contributed by atoms with Gasteiger partial charge in [0.2, 0.25) is 6.79 Å². The Balaban J connectivity index is 1.41. The quantitative estimate of drug-likeness (QED) is 0.759. The van der Waals surface area contributed by atoms with Gasteiger partial charge in [-0.1, -0.05) is 43.3 Å². The monoisotopic (exact) mass is 343 g/mol. The average Bonchev–Trinajstić information content (AvgIpc) is 3.10. The number of rotatable bonds is 9. The molecule has 1 N–H and O–H groups in total. The second kappa shape index (κ2) is 8.85. The molecule has 5 heteroatoms. The Morgan fingerprint density at radius 1 is 1.08 bits per heavy atom. The third kappa shape index (κ3) is 5.19. The maximum Gasteiger partial charge on any atom is 0.231 e. The number of hydrogen-bond donors (Lipinski definition) is 1. The average molecular weight is 343 g/mol. The van der Waals surface area contributed by atoms with Gasteiger partial charge in [-0.05, 0) is 29.8 Å². The molecule has 0 spiro atoms. The van der Waals surface area contributed by atoms with Crippen molar-refractivity contribution in [2.75, 3.05) is 26.5 Å². The van der Waals surface area contributed by atoms with Gasteiger partial charge >= 0.3 is 0 Å². The smallest absolute Gasteiger partial charge is 0.231 e. The maximum atomic E-state index is 10.3. The molecule has 1 aliphatic rings.